The van der Waals surface area contributed by atoms with E-state index in [0.29, 0.717) is 29.4 Å². The van der Waals surface area contributed by atoms with E-state index in [1.54, 1.807) is 38.5 Å². The first-order valence-electron chi connectivity index (χ1n) is 12.4. The fraction of sp³-hybridized carbons (Fsp3) is 0.226. The second-order valence-corrected chi connectivity index (χ2v) is 9.31. The molecule has 0 amide bonds. The Kier molecular flexibility index (Phi) is 7.14. The van der Waals surface area contributed by atoms with E-state index in [9.17, 15) is 0 Å². The van der Waals surface area contributed by atoms with Gasteiger partial charge in [-0.05, 0) is 56.6 Å². The summed E-state index contributed by atoms with van der Waals surface area (Å²) in [5, 5.41) is 14.7. The van der Waals surface area contributed by atoms with Gasteiger partial charge in [-0.25, -0.2) is 0 Å². The molecule has 5 rings (SSSR count). The molecule has 0 aliphatic heterocycles. The van der Waals surface area contributed by atoms with Crippen molar-refractivity contribution in [2.24, 2.45) is 5.16 Å². The summed E-state index contributed by atoms with van der Waals surface area (Å²) in [6, 6.07) is 18.8. The smallest absolute Gasteiger partial charge is 0.212 e. The van der Waals surface area contributed by atoms with Crippen molar-refractivity contribution >= 4 is 16.6 Å². The van der Waals surface area contributed by atoms with Crippen LogP contribution in [0.2, 0.25) is 0 Å². The highest BCUT2D eigenvalue weighted by Crippen LogP contribution is 2.46. The van der Waals surface area contributed by atoms with Crippen LogP contribution in [0.3, 0.4) is 0 Å². The zero-order chi connectivity index (χ0) is 27.5. The number of benzene rings is 3. The van der Waals surface area contributed by atoms with Crippen molar-refractivity contribution in [3.63, 3.8) is 0 Å². The van der Waals surface area contributed by atoms with E-state index >= 15 is 0 Å². The van der Waals surface area contributed by atoms with Gasteiger partial charge in [0, 0.05) is 39.7 Å². The zero-order valence-electron chi connectivity index (χ0n) is 22.2. The summed E-state index contributed by atoms with van der Waals surface area (Å²) < 4.78 is 17.2. The third-order valence-corrected chi connectivity index (χ3v) is 6.61. The Labute approximate surface area is 227 Å². The van der Waals surface area contributed by atoms with Gasteiger partial charge in [-0.2, -0.15) is 5.26 Å². The highest BCUT2D eigenvalue weighted by molar-refractivity contribution is 6.30. The normalized spacial score (nSPS) is 13.5. The molecule has 0 radical (unpaired) electrons. The molecule has 39 heavy (non-hydrogen) atoms. The second-order valence-electron chi connectivity index (χ2n) is 9.31. The van der Waals surface area contributed by atoms with Gasteiger partial charge in [-0.3, -0.25) is 0 Å². The van der Waals surface area contributed by atoms with Crippen LogP contribution < -0.4 is 14.2 Å². The van der Waals surface area contributed by atoms with E-state index < -0.39 is 6.10 Å². The predicted octanol–water partition coefficient (Wildman–Crippen LogP) is 5.12. The van der Waals surface area contributed by atoms with Crippen LogP contribution in [0.1, 0.15) is 28.4 Å². The van der Waals surface area contributed by atoms with Crippen LogP contribution in [0.25, 0.3) is 22.2 Å². The summed E-state index contributed by atoms with van der Waals surface area (Å²) >= 11 is 0. The number of hydrogen-bond acceptors (Lipinski definition) is 7. The maximum absolute atomic E-state index is 9.12. The molecule has 0 bridgehead atoms. The number of nitrogens with one attached hydrogen (secondary N) is 1. The number of aromatic nitrogens is 1. The van der Waals surface area contributed by atoms with Gasteiger partial charge in [-0.15, -0.1) is 6.42 Å². The van der Waals surface area contributed by atoms with E-state index in [4.69, 9.17) is 30.7 Å². The topological polar surface area (TPSA) is 92.1 Å². The van der Waals surface area contributed by atoms with Crippen LogP contribution in [0.5, 0.6) is 17.2 Å². The molecule has 1 aliphatic rings. The molecule has 196 valence electrons. The van der Waals surface area contributed by atoms with Crippen LogP contribution >= 0.6 is 0 Å². The van der Waals surface area contributed by atoms with Crippen LogP contribution in [0.15, 0.2) is 59.8 Å². The SMILES string of the molecule is C#CC(O/N=C1/c2cc(OC)c(OC)cc2-c2[nH]c3ccc(OCCN(C)C)cc3c21)c1ccc(C#N)cc1. The van der Waals surface area contributed by atoms with Crippen molar-refractivity contribution in [2.75, 3.05) is 41.5 Å². The summed E-state index contributed by atoms with van der Waals surface area (Å²) in [6.45, 7) is 1.37. The summed E-state index contributed by atoms with van der Waals surface area (Å²) in [5.74, 6) is 4.59. The number of terminal acetylenes is 1. The number of H-pyrrole nitrogens is 1. The summed E-state index contributed by atoms with van der Waals surface area (Å²) in [6.07, 6.45) is 5.08. The molecule has 1 N–H and O–H groups in total. The molecule has 1 aliphatic carbocycles. The van der Waals surface area contributed by atoms with E-state index in [-0.39, 0.29) is 0 Å². The van der Waals surface area contributed by atoms with Crippen LogP contribution in [0.4, 0.5) is 0 Å². The number of hydrogen-bond donors (Lipinski definition) is 1. The maximum atomic E-state index is 9.12. The zero-order valence-corrected chi connectivity index (χ0v) is 22.2. The Morgan fingerprint density at radius 1 is 1.00 bits per heavy atom. The van der Waals surface area contributed by atoms with Gasteiger partial charge in [0.25, 0.3) is 0 Å². The van der Waals surface area contributed by atoms with E-state index in [1.807, 2.05) is 44.4 Å². The lowest BCUT2D eigenvalue weighted by Crippen LogP contribution is -2.19. The first-order valence-corrected chi connectivity index (χ1v) is 12.4. The Morgan fingerprint density at radius 3 is 2.36 bits per heavy atom. The molecular formula is C31H28N4O4. The van der Waals surface area contributed by atoms with Gasteiger partial charge >= 0.3 is 0 Å². The molecule has 1 heterocycles. The summed E-state index contributed by atoms with van der Waals surface area (Å²) in [4.78, 5) is 11.6. The second kappa shape index (κ2) is 10.8. The third-order valence-electron chi connectivity index (χ3n) is 6.61. The Hall–Kier alpha value is -4.92. The van der Waals surface area contributed by atoms with Crippen molar-refractivity contribution in [2.45, 2.75) is 6.10 Å². The number of oxime groups is 1. The monoisotopic (exact) mass is 520 g/mol. The molecule has 1 aromatic heterocycles. The lowest BCUT2D eigenvalue weighted by molar-refractivity contribution is 0.100. The summed E-state index contributed by atoms with van der Waals surface area (Å²) in [7, 11) is 7.22. The number of nitrogens with zero attached hydrogens (tertiary/aromatic N) is 3. The van der Waals surface area contributed by atoms with Crippen LogP contribution in [-0.2, 0) is 4.84 Å². The quantitative estimate of drug-likeness (QED) is 0.214. The fourth-order valence-corrected chi connectivity index (χ4v) is 4.59. The number of rotatable bonds is 9. The van der Waals surface area contributed by atoms with Crippen molar-refractivity contribution in [1.29, 1.82) is 5.26 Å². The van der Waals surface area contributed by atoms with Crippen molar-refractivity contribution in [3.05, 3.63) is 76.9 Å². The standard InChI is InChI=1S/C31H28N4O4/c1-6-26(20-9-7-19(18-32)8-10-20)39-34-31-23-17-28(37-5)27(36-4)16-22(23)30-29(31)24-15-21(11-12-25(24)33-30)38-14-13-35(2)3/h1,7-12,15-17,26,33H,13-14H2,2-5H3/b34-31-. The lowest BCUT2D eigenvalue weighted by atomic mass is 10.1. The van der Waals surface area contributed by atoms with Gasteiger partial charge in [0.15, 0.2) is 11.5 Å². The minimum absolute atomic E-state index is 0.540. The van der Waals surface area contributed by atoms with Gasteiger partial charge in [0.05, 0.1) is 31.5 Å². The largest absolute Gasteiger partial charge is 0.493 e. The molecule has 0 saturated carbocycles. The molecule has 0 fully saturated rings. The van der Waals surface area contributed by atoms with Crippen molar-refractivity contribution in [1.82, 2.24) is 9.88 Å². The van der Waals surface area contributed by atoms with Gasteiger partial charge in [-0.1, -0.05) is 23.2 Å². The number of methoxy groups -OCH3 is 2. The number of nitriles is 1. The van der Waals surface area contributed by atoms with Crippen LogP contribution in [-0.4, -0.2) is 57.1 Å². The molecular weight excluding hydrogens is 492 g/mol. The van der Waals surface area contributed by atoms with E-state index in [1.165, 1.54) is 0 Å². The molecule has 0 saturated heterocycles. The van der Waals surface area contributed by atoms with Gasteiger partial charge < -0.3 is 28.9 Å². The highest BCUT2D eigenvalue weighted by Gasteiger charge is 2.32. The molecule has 1 unspecified atom stereocenters. The maximum Gasteiger partial charge on any atom is 0.212 e. The van der Waals surface area contributed by atoms with Gasteiger partial charge in [0.2, 0.25) is 6.10 Å². The molecule has 1 atom stereocenters. The molecule has 8 nitrogen and oxygen atoms in total. The molecule has 4 aromatic rings. The number of fused-ring (bicyclic) bond motifs is 5. The summed E-state index contributed by atoms with van der Waals surface area (Å²) in [5.41, 5.74) is 6.33. The number of likely N-dealkylation sites (N-methyl/N-ethyl adjacent to an activating group) is 1. The first-order chi connectivity index (χ1) is 19.0. The average Bonchev–Trinajstić information content (AvgIpc) is 3.46. The third kappa shape index (κ3) is 4.86. The van der Waals surface area contributed by atoms with Crippen molar-refractivity contribution in [3.8, 4) is 46.9 Å². The molecule has 8 heteroatoms. The number of aromatic amines is 1. The average molecular weight is 521 g/mol. The molecule has 0 spiro atoms. The van der Waals surface area contributed by atoms with Crippen molar-refractivity contribution < 1.29 is 19.0 Å². The van der Waals surface area contributed by atoms with Crippen LogP contribution in [0, 0.1) is 23.7 Å². The highest BCUT2D eigenvalue weighted by atomic mass is 16.6. The van der Waals surface area contributed by atoms with E-state index in [2.05, 4.69) is 27.0 Å². The predicted molar refractivity (Wildman–Crippen MR) is 150 cm³/mol. The van der Waals surface area contributed by atoms with E-state index in [0.717, 1.165) is 51.1 Å². The minimum atomic E-state index is -0.743. The Balaban J connectivity index is 1.60. The first kappa shape index (κ1) is 25.7. The Bertz CT molecular complexity index is 1640. The molecule has 3 aromatic carbocycles. The lowest BCUT2D eigenvalue weighted by Gasteiger charge is -2.13. The minimum Gasteiger partial charge on any atom is -0.493 e. The fourth-order valence-electron chi connectivity index (χ4n) is 4.59. The Morgan fingerprint density at radius 2 is 1.72 bits per heavy atom. The number of ether oxygens (including phenoxy) is 3. The van der Waals surface area contributed by atoms with Gasteiger partial charge in [0.1, 0.15) is 18.1 Å².